The molecule has 1 aromatic carbocycles. The number of hydrogen-bond donors (Lipinski definition) is 1. The molecule has 6 nitrogen and oxygen atoms in total. The van der Waals surface area contributed by atoms with Gasteiger partial charge in [-0.1, -0.05) is 0 Å². The average Bonchev–Trinajstić information content (AvgIpc) is 3.11. The van der Waals surface area contributed by atoms with Gasteiger partial charge >= 0.3 is 0 Å². The Morgan fingerprint density at radius 2 is 1.92 bits per heavy atom. The van der Waals surface area contributed by atoms with E-state index in [0.717, 1.165) is 48.5 Å². The number of hydrogen-bond acceptors (Lipinski definition) is 5. The van der Waals surface area contributed by atoms with E-state index in [0.29, 0.717) is 5.56 Å². The molecular weight excluding hydrogens is 332 g/mol. The summed E-state index contributed by atoms with van der Waals surface area (Å²) in [6.45, 7) is 2.20. The van der Waals surface area contributed by atoms with E-state index in [1.807, 2.05) is 31.2 Å². The summed E-state index contributed by atoms with van der Waals surface area (Å²) in [7, 11) is 0. The second-order valence-electron chi connectivity index (χ2n) is 6.83. The number of benzene rings is 1. The maximum Gasteiger partial charge on any atom is 0.253 e. The molecule has 136 valence electrons. The molecule has 0 radical (unpaired) electrons. The van der Waals surface area contributed by atoms with Gasteiger partial charge in [0.05, 0.1) is 11.7 Å². The summed E-state index contributed by atoms with van der Waals surface area (Å²) in [5.41, 5.74) is 1.60. The van der Waals surface area contributed by atoms with Crippen LogP contribution in [0.5, 0.6) is 17.2 Å². The number of ether oxygens (including phenoxy) is 3. The van der Waals surface area contributed by atoms with Crippen LogP contribution in [-0.2, 0) is 0 Å². The van der Waals surface area contributed by atoms with Crippen molar-refractivity contribution in [2.45, 2.75) is 44.8 Å². The summed E-state index contributed by atoms with van der Waals surface area (Å²) in [6.07, 6.45) is 7.13. The van der Waals surface area contributed by atoms with Crippen LogP contribution in [0.2, 0.25) is 0 Å². The molecule has 2 heterocycles. The predicted molar refractivity (Wildman–Crippen MR) is 95.7 cm³/mol. The smallest absolute Gasteiger partial charge is 0.253 e. The normalized spacial score (nSPS) is 21.3. The molecular formula is C20H22N2O4. The highest BCUT2D eigenvalue weighted by Gasteiger charge is 2.24. The van der Waals surface area contributed by atoms with Crippen molar-refractivity contribution in [2.24, 2.45) is 0 Å². The molecule has 1 saturated carbocycles. The number of rotatable bonds is 4. The van der Waals surface area contributed by atoms with Crippen LogP contribution in [0.1, 0.15) is 41.6 Å². The fourth-order valence-corrected chi connectivity index (χ4v) is 3.42. The molecule has 1 N–H and O–H groups in total. The van der Waals surface area contributed by atoms with Crippen molar-refractivity contribution < 1.29 is 19.0 Å². The van der Waals surface area contributed by atoms with Crippen molar-refractivity contribution in [1.82, 2.24) is 10.3 Å². The van der Waals surface area contributed by atoms with E-state index in [1.165, 1.54) is 0 Å². The number of nitrogens with one attached hydrogen (secondary N) is 1. The Morgan fingerprint density at radius 1 is 1.12 bits per heavy atom. The molecule has 1 amide bonds. The molecule has 6 heteroatoms. The average molecular weight is 354 g/mol. The van der Waals surface area contributed by atoms with Gasteiger partial charge in [-0.05, 0) is 56.4 Å². The minimum atomic E-state index is -0.0543. The molecule has 2 aliphatic rings. The first-order valence-corrected chi connectivity index (χ1v) is 8.96. The minimum absolute atomic E-state index is 0.0543. The fourth-order valence-electron chi connectivity index (χ4n) is 3.42. The highest BCUT2D eigenvalue weighted by Crippen LogP contribution is 2.36. The molecule has 0 spiro atoms. The van der Waals surface area contributed by atoms with Gasteiger partial charge in [0.2, 0.25) is 6.79 Å². The summed E-state index contributed by atoms with van der Waals surface area (Å²) in [5.74, 6) is 2.23. The first kappa shape index (κ1) is 16.7. The Hall–Kier alpha value is -2.76. The van der Waals surface area contributed by atoms with E-state index in [2.05, 4.69) is 10.3 Å². The molecule has 0 saturated heterocycles. The van der Waals surface area contributed by atoms with Crippen LogP contribution in [0.4, 0.5) is 0 Å². The lowest BCUT2D eigenvalue weighted by molar-refractivity contribution is 0.0893. The second kappa shape index (κ2) is 7.23. The van der Waals surface area contributed by atoms with E-state index in [9.17, 15) is 4.79 Å². The summed E-state index contributed by atoms with van der Waals surface area (Å²) < 4.78 is 16.8. The number of carbonyl (C=O) groups is 1. The largest absolute Gasteiger partial charge is 0.490 e. The molecule has 2 aromatic rings. The molecule has 1 aliphatic carbocycles. The van der Waals surface area contributed by atoms with Crippen LogP contribution in [0.15, 0.2) is 36.7 Å². The van der Waals surface area contributed by atoms with Crippen molar-refractivity contribution in [3.63, 3.8) is 0 Å². The van der Waals surface area contributed by atoms with E-state index in [4.69, 9.17) is 14.2 Å². The second-order valence-corrected chi connectivity index (χ2v) is 6.83. The summed E-state index contributed by atoms with van der Waals surface area (Å²) in [5, 5.41) is 3.11. The molecule has 0 atom stereocenters. The van der Waals surface area contributed by atoms with Gasteiger partial charge in [0, 0.05) is 24.5 Å². The zero-order valence-electron chi connectivity index (χ0n) is 14.7. The molecule has 1 aromatic heterocycles. The van der Waals surface area contributed by atoms with Crippen LogP contribution in [0.25, 0.3) is 0 Å². The zero-order chi connectivity index (χ0) is 17.9. The third kappa shape index (κ3) is 3.74. The molecule has 26 heavy (non-hydrogen) atoms. The van der Waals surface area contributed by atoms with Gasteiger partial charge in [0.1, 0.15) is 5.75 Å². The number of aryl methyl sites for hydroxylation is 1. The molecule has 0 unspecified atom stereocenters. The van der Waals surface area contributed by atoms with Gasteiger partial charge in [0.25, 0.3) is 5.91 Å². The van der Waals surface area contributed by atoms with Gasteiger partial charge in [-0.3, -0.25) is 9.78 Å². The Balaban J connectivity index is 1.28. The number of carbonyl (C=O) groups excluding carboxylic acids is 1. The summed E-state index contributed by atoms with van der Waals surface area (Å²) >= 11 is 0. The predicted octanol–water partition coefficient (Wildman–Crippen LogP) is 3.24. The monoisotopic (exact) mass is 354 g/mol. The number of aromatic nitrogens is 1. The van der Waals surface area contributed by atoms with E-state index >= 15 is 0 Å². The first-order chi connectivity index (χ1) is 12.7. The Morgan fingerprint density at radius 3 is 2.73 bits per heavy atom. The Kier molecular flexibility index (Phi) is 4.65. The standard InChI is InChI=1S/C20H22N2O4/c1-13-8-14(11-21-10-13)20(23)22-15-2-4-16(5-3-15)26-17-6-7-18-19(9-17)25-12-24-18/h6-11,15-16H,2-5,12H2,1H3,(H,22,23). The van der Waals surface area contributed by atoms with Gasteiger partial charge in [-0.2, -0.15) is 0 Å². The van der Waals surface area contributed by atoms with Crippen molar-refractivity contribution in [3.8, 4) is 17.2 Å². The number of amides is 1. The van der Waals surface area contributed by atoms with Gasteiger partial charge in [-0.25, -0.2) is 0 Å². The maximum absolute atomic E-state index is 12.3. The molecule has 4 rings (SSSR count). The maximum atomic E-state index is 12.3. The molecule has 1 fully saturated rings. The van der Waals surface area contributed by atoms with Crippen LogP contribution in [0, 0.1) is 6.92 Å². The third-order valence-electron chi connectivity index (χ3n) is 4.79. The lowest BCUT2D eigenvalue weighted by atomic mass is 9.92. The van der Waals surface area contributed by atoms with Gasteiger partial charge < -0.3 is 19.5 Å². The summed E-state index contributed by atoms with van der Waals surface area (Å²) in [6, 6.07) is 7.70. The van der Waals surface area contributed by atoms with E-state index in [-0.39, 0.29) is 24.8 Å². The highest BCUT2D eigenvalue weighted by atomic mass is 16.7. The van der Waals surface area contributed by atoms with Crippen molar-refractivity contribution in [2.75, 3.05) is 6.79 Å². The zero-order valence-corrected chi connectivity index (χ0v) is 14.7. The Bertz CT molecular complexity index is 800. The lowest BCUT2D eigenvalue weighted by Gasteiger charge is -2.29. The minimum Gasteiger partial charge on any atom is -0.490 e. The number of pyridine rings is 1. The van der Waals surface area contributed by atoms with E-state index in [1.54, 1.807) is 12.4 Å². The Labute approximate surface area is 152 Å². The third-order valence-corrected chi connectivity index (χ3v) is 4.79. The molecule has 1 aliphatic heterocycles. The lowest BCUT2D eigenvalue weighted by Crippen LogP contribution is -2.39. The van der Waals surface area contributed by atoms with Gasteiger partial charge in [0.15, 0.2) is 11.5 Å². The van der Waals surface area contributed by atoms with Crippen molar-refractivity contribution in [3.05, 3.63) is 47.8 Å². The SMILES string of the molecule is Cc1cncc(C(=O)NC2CCC(Oc3ccc4c(c3)OCO4)CC2)c1. The van der Waals surface area contributed by atoms with E-state index < -0.39 is 0 Å². The topological polar surface area (TPSA) is 69.7 Å². The molecule has 0 bridgehead atoms. The number of nitrogens with zero attached hydrogens (tertiary/aromatic N) is 1. The first-order valence-electron chi connectivity index (χ1n) is 8.96. The highest BCUT2D eigenvalue weighted by molar-refractivity contribution is 5.94. The van der Waals surface area contributed by atoms with Gasteiger partial charge in [-0.15, -0.1) is 0 Å². The number of fused-ring (bicyclic) bond motifs is 1. The summed E-state index contributed by atoms with van der Waals surface area (Å²) in [4.78, 5) is 16.4. The fraction of sp³-hybridized carbons (Fsp3) is 0.400. The van der Waals surface area contributed by atoms with Crippen LogP contribution in [0.3, 0.4) is 0 Å². The van der Waals surface area contributed by atoms with Crippen LogP contribution < -0.4 is 19.5 Å². The van der Waals surface area contributed by atoms with Crippen molar-refractivity contribution >= 4 is 5.91 Å². The van der Waals surface area contributed by atoms with Crippen LogP contribution >= 0.6 is 0 Å². The quantitative estimate of drug-likeness (QED) is 0.913. The van der Waals surface area contributed by atoms with Crippen LogP contribution in [-0.4, -0.2) is 29.8 Å². The van der Waals surface area contributed by atoms with Crippen molar-refractivity contribution in [1.29, 1.82) is 0 Å².